The number of aliphatic hydroxyl groups is 2. The van der Waals surface area contributed by atoms with E-state index in [0.29, 0.717) is 6.42 Å². The molecular weight excluding hydrogens is 527 g/mol. The lowest BCUT2D eigenvalue weighted by atomic mass is 10.1. The van der Waals surface area contributed by atoms with Gasteiger partial charge < -0.3 is 24.6 Å². The molecule has 0 amide bonds. The molecule has 0 saturated carbocycles. The van der Waals surface area contributed by atoms with E-state index in [1.807, 2.05) is 0 Å². The molecule has 39 heavy (non-hydrogen) atoms. The van der Waals surface area contributed by atoms with Crippen LogP contribution in [0.5, 0.6) is 0 Å². The highest BCUT2D eigenvalue weighted by molar-refractivity contribution is 7.47. The third kappa shape index (κ3) is 25.2. The Kier molecular flexibility index (Phi) is 24.4. The fourth-order valence-electron chi connectivity index (χ4n) is 3.35. The van der Waals surface area contributed by atoms with Gasteiger partial charge in [-0.2, -0.15) is 0 Å². The van der Waals surface area contributed by atoms with Crippen molar-refractivity contribution in [1.82, 2.24) is 0 Å². The normalized spacial score (nSPS) is 14.9. The first-order chi connectivity index (χ1) is 18.7. The number of allylic oxidation sites excluding steroid dienone is 4. The molecule has 0 aromatic carbocycles. The van der Waals surface area contributed by atoms with Gasteiger partial charge in [0.1, 0.15) is 12.7 Å². The number of hydrogen-bond acceptors (Lipinski definition) is 9. The van der Waals surface area contributed by atoms with Gasteiger partial charge in [0, 0.05) is 12.8 Å². The van der Waals surface area contributed by atoms with Gasteiger partial charge in [0.15, 0.2) is 6.10 Å². The molecule has 0 heterocycles. The molecule has 10 nitrogen and oxygen atoms in total. The lowest BCUT2D eigenvalue weighted by Crippen LogP contribution is -2.29. The van der Waals surface area contributed by atoms with Crippen LogP contribution in [0.2, 0.25) is 0 Å². The third-order valence-corrected chi connectivity index (χ3v) is 6.61. The van der Waals surface area contributed by atoms with Crippen LogP contribution in [-0.2, 0) is 32.7 Å². The van der Waals surface area contributed by atoms with Crippen LogP contribution in [0, 0.1) is 0 Å². The van der Waals surface area contributed by atoms with Crippen molar-refractivity contribution in [2.75, 3.05) is 26.4 Å². The van der Waals surface area contributed by atoms with Crippen LogP contribution >= 0.6 is 7.82 Å². The SMILES string of the molecule is CCCCCC/C=C\C/C=C\CCCCCCCC(=O)OC(COC(=O)CC)COP(=O)(O)OCC(O)CO. The van der Waals surface area contributed by atoms with E-state index in [0.717, 1.165) is 38.5 Å². The van der Waals surface area contributed by atoms with Crippen LogP contribution in [0.4, 0.5) is 0 Å². The number of carbonyl (C=O) groups is 2. The third-order valence-electron chi connectivity index (χ3n) is 5.66. The Balaban J connectivity index is 4.13. The maximum atomic E-state index is 12.2. The zero-order chi connectivity index (χ0) is 29.2. The molecule has 0 aromatic rings. The highest BCUT2D eigenvalue weighted by Gasteiger charge is 2.27. The van der Waals surface area contributed by atoms with Crippen molar-refractivity contribution in [2.45, 2.75) is 116 Å². The molecule has 0 radical (unpaired) electrons. The summed E-state index contributed by atoms with van der Waals surface area (Å²) in [5, 5.41) is 18.0. The average molecular weight is 579 g/mol. The number of phosphoric acid groups is 1. The number of esters is 2. The second-order valence-electron chi connectivity index (χ2n) is 9.38. The van der Waals surface area contributed by atoms with Gasteiger partial charge >= 0.3 is 19.8 Å². The van der Waals surface area contributed by atoms with E-state index < -0.39 is 51.8 Å². The van der Waals surface area contributed by atoms with E-state index in [2.05, 4.69) is 35.8 Å². The van der Waals surface area contributed by atoms with E-state index in [9.17, 15) is 24.2 Å². The smallest absolute Gasteiger partial charge is 0.462 e. The minimum Gasteiger partial charge on any atom is -0.462 e. The van der Waals surface area contributed by atoms with E-state index >= 15 is 0 Å². The largest absolute Gasteiger partial charge is 0.472 e. The highest BCUT2D eigenvalue weighted by atomic mass is 31.2. The van der Waals surface area contributed by atoms with E-state index in [-0.39, 0.29) is 19.4 Å². The molecule has 0 saturated heterocycles. The average Bonchev–Trinajstić information content (AvgIpc) is 2.92. The molecule has 11 heteroatoms. The second-order valence-corrected chi connectivity index (χ2v) is 10.8. The molecule has 228 valence electrons. The summed E-state index contributed by atoms with van der Waals surface area (Å²) in [5.74, 6) is -1.04. The molecule has 3 N–H and O–H groups in total. The quantitative estimate of drug-likeness (QED) is 0.0517. The molecule has 0 fully saturated rings. The predicted molar refractivity (Wildman–Crippen MR) is 150 cm³/mol. The molecule has 0 rings (SSSR count). The van der Waals surface area contributed by atoms with E-state index in [1.165, 1.54) is 32.1 Å². The van der Waals surface area contributed by atoms with Crippen molar-refractivity contribution in [3.05, 3.63) is 24.3 Å². The minimum atomic E-state index is -4.58. The Morgan fingerprint density at radius 3 is 2.00 bits per heavy atom. The van der Waals surface area contributed by atoms with Crippen LogP contribution in [0.1, 0.15) is 104 Å². The first-order valence-corrected chi connectivity index (χ1v) is 15.8. The number of phosphoric ester groups is 1. The minimum absolute atomic E-state index is 0.119. The first kappa shape index (κ1) is 37.5. The van der Waals surface area contributed by atoms with E-state index in [1.54, 1.807) is 6.92 Å². The lowest BCUT2D eigenvalue weighted by molar-refractivity contribution is -0.161. The van der Waals surface area contributed by atoms with Crippen molar-refractivity contribution in [1.29, 1.82) is 0 Å². The van der Waals surface area contributed by atoms with Gasteiger partial charge in [0.05, 0.1) is 19.8 Å². The summed E-state index contributed by atoms with van der Waals surface area (Å²) < 4.78 is 31.6. The molecule has 3 atom stereocenters. The fraction of sp³-hybridized carbons (Fsp3) is 0.786. The molecule has 0 aromatic heterocycles. The number of hydrogen-bond donors (Lipinski definition) is 3. The van der Waals surface area contributed by atoms with Crippen LogP contribution in [0.3, 0.4) is 0 Å². The zero-order valence-corrected chi connectivity index (χ0v) is 24.7. The number of ether oxygens (including phenoxy) is 2. The highest BCUT2D eigenvalue weighted by Crippen LogP contribution is 2.43. The summed E-state index contributed by atoms with van der Waals surface area (Å²) in [6.45, 7) is 1.68. The Bertz CT molecular complexity index is 725. The van der Waals surface area contributed by atoms with Crippen molar-refractivity contribution in [3.8, 4) is 0 Å². The van der Waals surface area contributed by atoms with Crippen LogP contribution in [-0.4, -0.2) is 65.7 Å². The monoisotopic (exact) mass is 578 g/mol. The Labute approximate surface area is 234 Å². The van der Waals surface area contributed by atoms with Crippen LogP contribution in [0.15, 0.2) is 24.3 Å². The van der Waals surface area contributed by atoms with Gasteiger partial charge in [-0.25, -0.2) is 4.57 Å². The molecule has 0 spiro atoms. The number of unbranched alkanes of at least 4 members (excludes halogenated alkanes) is 9. The molecule has 0 aliphatic carbocycles. The Morgan fingerprint density at radius 1 is 0.795 bits per heavy atom. The van der Waals surface area contributed by atoms with Crippen molar-refractivity contribution in [2.24, 2.45) is 0 Å². The topological polar surface area (TPSA) is 149 Å². The molecule has 3 unspecified atom stereocenters. The van der Waals surface area contributed by atoms with Gasteiger partial charge in [-0.1, -0.05) is 76.7 Å². The standard InChI is InChI=1S/C28H51O10P/c1-3-5-6-7-8-9-10-11-12-13-14-15-16-17-18-19-20-28(32)38-26(23-35-27(31)4-2)24-37-39(33,34)36-22-25(30)21-29/h9-10,12-13,25-26,29-30H,3-8,11,14-24H2,1-2H3,(H,33,34)/b10-9-,13-12-. The first-order valence-electron chi connectivity index (χ1n) is 14.3. The van der Waals surface area contributed by atoms with Crippen molar-refractivity contribution in [3.63, 3.8) is 0 Å². The van der Waals surface area contributed by atoms with Gasteiger partial charge in [-0.3, -0.25) is 18.6 Å². The van der Waals surface area contributed by atoms with E-state index in [4.69, 9.17) is 19.1 Å². The lowest BCUT2D eigenvalue weighted by Gasteiger charge is -2.20. The summed E-state index contributed by atoms with van der Waals surface area (Å²) in [5.41, 5.74) is 0. The summed E-state index contributed by atoms with van der Waals surface area (Å²) >= 11 is 0. The van der Waals surface area contributed by atoms with Gasteiger partial charge in [0.2, 0.25) is 0 Å². The van der Waals surface area contributed by atoms with Gasteiger partial charge in [-0.15, -0.1) is 0 Å². The summed E-state index contributed by atoms with van der Waals surface area (Å²) in [6, 6.07) is 0. The zero-order valence-electron chi connectivity index (χ0n) is 23.8. The summed E-state index contributed by atoms with van der Waals surface area (Å²) in [4.78, 5) is 33.4. The second kappa shape index (κ2) is 25.4. The molecule has 0 bridgehead atoms. The predicted octanol–water partition coefficient (Wildman–Crippen LogP) is 5.54. The van der Waals surface area contributed by atoms with Crippen LogP contribution < -0.4 is 0 Å². The van der Waals surface area contributed by atoms with Crippen molar-refractivity contribution >= 4 is 19.8 Å². The maximum absolute atomic E-state index is 12.2. The fourth-order valence-corrected chi connectivity index (χ4v) is 4.14. The van der Waals surface area contributed by atoms with Gasteiger partial charge in [0.25, 0.3) is 0 Å². The Morgan fingerprint density at radius 2 is 1.38 bits per heavy atom. The molecule has 0 aliphatic heterocycles. The van der Waals surface area contributed by atoms with Gasteiger partial charge in [-0.05, 0) is 38.5 Å². The number of carbonyl (C=O) groups excluding carboxylic acids is 2. The number of aliphatic hydroxyl groups excluding tert-OH is 2. The summed E-state index contributed by atoms with van der Waals surface area (Å²) in [7, 11) is -4.58. The number of rotatable bonds is 26. The summed E-state index contributed by atoms with van der Waals surface area (Å²) in [6.07, 6.45) is 19.8. The van der Waals surface area contributed by atoms with Crippen molar-refractivity contribution < 1.29 is 47.8 Å². The molecular formula is C28H51O10P. The maximum Gasteiger partial charge on any atom is 0.472 e. The van der Waals surface area contributed by atoms with Crippen LogP contribution in [0.25, 0.3) is 0 Å². The molecule has 0 aliphatic rings. The Hall–Kier alpha value is -1.55.